The number of benzene rings is 2. The first kappa shape index (κ1) is 15.7. The second kappa shape index (κ2) is 7.33. The molecular weight excluding hydrogens is 315 g/mol. The normalized spacial score (nSPS) is 10.4. The Hall–Kier alpha value is -1.72. The van der Waals surface area contributed by atoms with Crippen molar-refractivity contribution in [3.8, 4) is 5.75 Å². The number of hydrogen-bond acceptors (Lipinski definition) is 3. The number of thioether (sulfide) groups is 1. The fraction of sp³-hybridized carbons (Fsp3) is 0.133. The Morgan fingerprint density at radius 2 is 2.05 bits per heavy atom. The lowest BCUT2D eigenvalue weighted by atomic mass is 10.2. The van der Waals surface area contributed by atoms with Crippen LogP contribution in [0.25, 0.3) is 0 Å². The van der Waals surface area contributed by atoms with Gasteiger partial charge in [0.25, 0.3) is 0 Å². The molecule has 2 aromatic rings. The van der Waals surface area contributed by atoms with Gasteiger partial charge in [-0.05, 0) is 30.3 Å². The van der Waals surface area contributed by atoms with E-state index in [1.807, 2.05) is 0 Å². The largest absolute Gasteiger partial charge is 0.492 e. The number of aromatic carboxylic acids is 1. The maximum absolute atomic E-state index is 13.0. The third kappa shape index (κ3) is 4.37. The van der Waals surface area contributed by atoms with Crippen molar-refractivity contribution in [1.82, 2.24) is 0 Å². The molecule has 0 amide bonds. The van der Waals surface area contributed by atoms with Crippen molar-refractivity contribution >= 4 is 29.3 Å². The van der Waals surface area contributed by atoms with Crippen LogP contribution in [0.15, 0.2) is 47.4 Å². The molecule has 1 N–H and O–H groups in total. The highest BCUT2D eigenvalue weighted by atomic mass is 35.5. The average molecular weight is 327 g/mol. The summed E-state index contributed by atoms with van der Waals surface area (Å²) in [6.45, 7) is 0.337. The van der Waals surface area contributed by atoms with Crippen molar-refractivity contribution in [1.29, 1.82) is 0 Å². The number of carboxylic acids is 1. The second-order valence-corrected chi connectivity index (χ2v) is 5.65. The molecule has 2 rings (SSSR count). The van der Waals surface area contributed by atoms with Crippen LogP contribution in [0.5, 0.6) is 5.75 Å². The van der Waals surface area contributed by atoms with E-state index in [4.69, 9.17) is 21.4 Å². The number of carbonyl (C=O) groups is 1. The minimum atomic E-state index is -1.02. The molecule has 0 aliphatic carbocycles. The Kier molecular flexibility index (Phi) is 5.47. The first-order chi connectivity index (χ1) is 10.1. The Labute approximate surface area is 130 Å². The molecule has 0 bridgehead atoms. The van der Waals surface area contributed by atoms with E-state index in [-0.39, 0.29) is 10.6 Å². The van der Waals surface area contributed by atoms with Crippen LogP contribution in [-0.2, 0) is 0 Å². The summed E-state index contributed by atoms with van der Waals surface area (Å²) in [6, 6.07) is 11.0. The topological polar surface area (TPSA) is 46.5 Å². The van der Waals surface area contributed by atoms with Gasteiger partial charge in [0.2, 0.25) is 0 Å². The summed E-state index contributed by atoms with van der Waals surface area (Å²) in [5.74, 6) is -0.547. The zero-order chi connectivity index (χ0) is 15.2. The monoisotopic (exact) mass is 326 g/mol. The number of carboxylic acid groups (broad SMARTS) is 1. The number of rotatable bonds is 6. The van der Waals surface area contributed by atoms with E-state index >= 15 is 0 Å². The summed E-state index contributed by atoms with van der Waals surface area (Å²) in [5.41, 5.74) is 0.132. The van der Waals surface area contributed by atoms with Gasteiger partial charge in [-0.2, -0.15) is 0 Å². The van der Waals surface area contributed by atoms with Crippen molar-refractivity contribution in [2.45, 2.75) is 4.90 Å². The molecule has 0 atom stereocenters. The maximum atomic E-state index is 13.0. The highest BCUT2D eigenvalue weighted by Gasteiger charge is 2.09. The van der Waals surface area contributed by atoms with Crippen LogP contribution in [-0.4, -0.2) is 23.4 Å². The van der Waals surface area contributed by atoms with Crippen LogP contribution >= 0.6 is 23.4 Å². The molecule has 0 radical (unpaired) electrons. The summed E-state index contributed by atoms with van der Waals surface area (Å²) in [5, 5.41) is 9.10. The van der Waals surface area contributed by atoms with Crippen molar-refractivity contribution in [2.75, 3.05) is 12.4 Å². The SMILES string of the molecule is O=C(O)c1ccccc1OCCSc1ccc(F)c(Cl)c1. The molecule has 0 aliphatic heterocycles. The van der Waals surface area contributed by atoms with Crippen LogP contribution in [0.1, 0.15) is 10.4 Å². The van der Waals surface area contributed by atoms with Gasteiger partial charge in [-0.15, -0.1) is 11.8 Å². The van der Waals surface area contributed by atoms with E-state index < -0.39 is 11.8 Å². The number of halogens is 2. The first-order valence-corrected chi connectivity index (χ1v) is 7.47. The van der Waals surface area contributed by atoms with Crippen molar-refractivity contribution in [2.24, 2.45) is 0 Å². The molecule has 0 aromatic heterocycles. The lowest BCUT2D eigenvalue weighted by Crippen LogP contribution is -2.05. The minimum absolute atomic E-state index is 0.0807. The first-order valence-electron chi connectivity index (χ1n) is 6.11. The van der Waals surface area contributed by atoms with Crippen LogP contribution in [0.3, 0.4) is 0 Å². The van der Waals surface area contributed by atoms with Gasteiger partial charge in [-0.25, -0.2) is 9.18 Å². The number of ether oxygens (including phenoxy) is 1. The van der Waals surface area contributed by atoms with Gasteiger partial charge in [0.1, 0.15) is 17.1 Å². The Bertz CT molecular complexity index is 649. The molecule has 0 heterocycles. The zero-order valence-corrected chi connectivity index (χ0v) is 12.5. The van der Waals surface area contributed by atoms with Gasteiger partial charge < -0.3 is 9.84 Å². The van der Waals surface area contributed by atoms with Crippen LogP contribution < -0.4 is 4.74 Å². The zero-order valence-electron chi connectivity index (χ0n) is 10.9. The van der Waals surface area contributed by atoms with Gasteiger partial charge in [0.15, 0.2) is 0 Å². The summed E-state index contributed by atoms with van der Waals surface area (Å²) in [7, 11) is 0. The molecule has 21 heavy (non-hydrogen) atoms. The van der Waals surface area contributed by atoms with E-state index in [1.165, 1.54) is 23.9 Å². The van der Waals surface area contributed by atoms with Crippen molar-refractivity contribution < 1.29 is 19.0 Å². The molecule has 2 aromatic carbocycles. The van der Waals surface area contributed by atoms with Gasteiger partial charge >= 0.3 is 5.97 Å². The Morgan fingerprint density at radius 1 is 1.29 bits per heavy atom. The van der Waals surface area contributed by atoms with E-state index in [0.717, 1.165) is 4.90 Å². The molecule has 110 valence electrons. The van der Waals surface area contributed by atoms with E-state index in [2.05, 4.69) is 0 Å². The van der Waals surface area contributed by atoms with Crippen molar-refractivity contribution in [3.63, 3.8) is 0 Å². The fourth-order valence-electron chi connectivity index (χ4n) is 1.65. The maximum Gasteiger partial charge on any atom is 0.339 e. The molecule has 3 nitrogen and oxygen atoms in total. The molecule has 0 spiro atoms. The molecule has 0 saturated heterocycles. The highest BCUT2D eigenvalue weighted by Crippen LogP contribution is 2.24. The Balaban J connectivity index is 1.87. The van der Waals surface area contributed by atoms with Crippen LogP contribution in [0, 0.1) is 5.82 Å². The summed E-state index contributed by atoms with van der Waals surface area (Å²) in [6.07, 6.45) is 0. The smallest absolute Gasteiger partial charge is 0.339 e. The van der Waals surface area contributed by atoms with Gasteiger partial charge in [0.05, 0.1) is 11.6 Å². The quantitative estimate of drug-likeness (QED) is 0.633. The van der Waals surface area contributed by atoms with Gasteiger partial charge in [-0.1, -0.05) is 23.7 Å². The minimum Gasteiger partial charge on any atom is -0.492 e. The van der Waals surface area contributed by atoms with E-state index in [0.29, 0.717) is 18.1 Å². The summed E-state index contributed by atoms with van der Waals surface area (Å²) < 4.78 is 18.5. The Morgan fingerprint density at radius 3 is 2.76 bits per heavy atom. The molecular formula is C15H12ClFO3S. The molecule has 0 fully saturated rings. The molecule has 0 unspecified atom stereocenters. The van der Waals surface area contributed by atoms with Crippen molar-refractivity contribution in [3.05, 3.63) is 58.9 Å². The third-order valence-corrected chi connectivity index (χ3v) is 3.87. The standard InChI is InChI=1S/C15H12ClFO3S/c16-12-9-10(5-6-13(12)17)21-8-7-20-14-4-2-1-3-11(14)15(18)19/h1-6,9H,7-8H2,(H,18,19). The molecule has 0 aliphatic rings. The summed E-state index contributed by atoms with van der Waals surface area (Å²) in [4.78, 5) is 11.8. The lowest BCUT2D eigenvalue weighted by molar-refractivity contribution is 0.0692. The predicted octanol–water partition coefficient (Wildman–Crippen LogP) is 4.35. The van der Waals surface area contributed by atoms with E-state index in [9.17, 15) is 9.18 Å². The third-order valence-electron chi connectivity index (χ3n) is 2.62. The average Bonchev–Trinajstić information content (AvgIpc) is 2.47. The second-order valence-electron chi connectivity index (χ2n) is 4.07. The predicted molar refractivity (Wildman–Crippen MR) is 81.0 cm³/mol. The molecule has 0 saturated carbocycles. The summed E-state index contributed by atoms with van der Waals surface area (Å²) >= 11 is 7.15. The number of para-hydroxylation sites is 1. The fourth-order valence-corrected chi connectivity index (χ4v) is 2.66. The van der Waals surface area contributed by atoms with Gasteiger partial charge in [-0.3, -0.25) is 0 Å². The van der Waals surface area contributed by atoms with E-state index in [1.54, 1.807) is 30.3 Å². The number of hydrogen-bond donors (Lipinski definition) is 1. The van der Waals surface area contributed by atoms with Crippen LogP contribution in [0.2, 0.25) is 5.02 Å². The highest BCUT2D eigenvalue weighted by molar-refractivity contribution is 7.99. The van der Waals surface area contributed by atoms with Gasteiger partial charge in [0, 0.05) is 10.6 Å². The lowest BCUT2D eigenvalue weighted by Gasteiger charge is -2.08. The van der Waals surface area contributed by atoms with Crippen LogP contribution in [0.4, 0.5) is 4.39 Å². The molecule has 6 heteroatoms.